The van der Waals surface area contributed by atoms with Crippen molar-refractivity contribution in [2.24, 2.45) is 0 Å². The van der Waals surface area contributed by atoms with Crippen molar-refractivity contribution < 1.29 is 0 Å². The molecule has 0 aliphatic rings. The van der Waals surface area contributed by atoms with Gasteiger partial charge in [0.15, 0.2) is 0 Å². The highest BCUT2D eigenvalue weighted by Gasteiger charge is 1.97. The Morgan fingerprint density at radius 2 is 2.00 bits per heavy atom. The van der Waals surface area contributed by atoms with Crippen LogP contribution in [0.25, 0.3) is 0 Å². The molecule has 0 aliphatic carbocycles. The Balaban J connectivity index is 1.61. The predicted octanol–water partition coefficient (Wildman–Crippen LogP) is 3.28. The second kappa shape index (κ2) is 6.89. The molecule has 0 fully saturated rings. The number of nitrogens with zero attached hydrogens (tertiary/aromatic N) is 1. The molecule has 0 bridgehead atoms. The van der Waals surface area contributed by atoms with Crippen LogP contribution in [0.3, 0.4) is 0 Å². The second-order valence-electron chi connectivity index (χ2n) is 3.78. The Morgan fingerprint density at radius 3 is 2.71 bits per heavy atom. The number of rotatable bonds is 6. The van der Waals surface area contributed by atoms with Crippen LogP contribution in [0.5, 0.6) is 0 Å². The molecule has 0 saturated heterocycles. The fourth-order valence-corrected chi connectivity index (χ4v) is 3.07. The number of pyridine rings is 1. The summed E-state index contributed by atoms with van der Waals surface area (Å²) in [5, 5.41) is 3.44. The smallest absolute Gasteiger partial charge is 0.0701 e. The molecule has 0 atom stereocenters. The van der Waals surface area contributed by atoms with Crippen LogP contribution < -0.4 is 5.32 Å². The molecule has 2 aromatic heterocycles. The maximum Gasteiger partial charge on any atom is 0.0701 e. The van der Waals surface area contributed by atoms with Crippen LogP contribution in [0.4, 0.5) is 0 Å². The lowest BCUT2D eigenvalue weighted by Crippen LogP contribution is -2.20. The highest BCUT2D eigenvalue weighted by molar-refractivity contribution is 9.11. The minimum absolute atomic E-state index is 0.990. The number of aromatic nitrogens is 1. The molecule has 2 aromatic rings. The topological polar surface area (TPSA) is 24.9 Å². The Morgan fingerprint density at radius 1 is 1.12 bits per heavy atom. The van der Waals surface area contributed by atoms with Crippen LogP contribution >= 0.6 is 27.3 Å². The molecule has 0 aliphatic heterocycles. The summed E-state index contributed by atoms with van der Waals surface area (Å²) in [4.78, 5) is 5.71. The summed E-state index contributed by atoms with van der Waals surface area (Å²) in [5.41, 5.74) is 1.15. The number of halogens is 1. The van der Waals surface area contributed by atoms with Crippen LogP contribution in [0.2, 0.25) is 0 Å². The quantitative estimate of drug-likeness (QED) is 0.828. The summed E-state index contributed by atoms with van der Waals surface area (Å²) in [6.45, 7) is 2.02. The molecular weight excluding hydrogens is 296 g/mol. The molecule has 0 saturated carbocycles. The molecule has 17 heavy (non-hydrogen) atoms. The van der Waals surface area contributed by atoms with Gasteiger partial charge >= 0.3 is 0 Å². The van der Waals surface area contributed by atoms with Crippen LogP contribution in [-0.2, 0) is 12.8 Å². The lowest BCUT2D eigenvalue weighted by molar-refractivity contribution is 0.678. The molecule has 2 heterocycles. The monoisotopic (exact) mass is 310 g/mol. The first kappa shape index (κ1) is 12.7. The summed E-state index contributed by atoms with van der Waals surface area (Å²) in [6, 6.07) is 10.3. The van der Waals surface area contributed by atoms with Crippen molar-refractivity contribution in [2.45, 2.75) is 12.8 Å². The van der Waals surface area contributed by atoms with Gasteiger partial charge in [-0.3, -0.25) is 4.98 Å². The zero-order chi connectivity index (χ0) is 11.9. The van der Waals surface area contributed by atoms with Crippen molar-refractivity contribution in [1.29, 1.82) is 0 Å². The van der Waals surface area contributed by atoms with E-state index in [-0.39, 0.29) is 0 Å². The van der Waals surface area contributed by atoms with Gasteiger partial charge in [-0.25, -0.2) is 0 Å². The predicted molar refractivity (Wildman–Crippen MR) is 76.5 cm³/mol. The van der Waals surface area contributed by atoms with Gasteiger partial charge in [-0.2, -0.15) is 0 Å². The first-order valence-electron chi connectivity index (χ1n) is 5.69. The maximum absolute atomic E-state index is 4.29. The van der Waals surface area contributed by atoms with Crippen LogP contribution in [0.1, 0.15) is 10.6 Å². The lowest BCUT2D eigenvalue weighted by atomic mass is 10.2. The average molecular weight is 311 g/mol. The standard InChI is InChI=1S/C13H15BrN2S/c14-13-5-4-12(17-13)7-10-15-9-6-11-3-1-2-8-16-11/h1-5,8,15H,6-7,9-10H2. The number of thiophene rings is 1. The minimum atomic E-state index is 0.990. The molecule has 0 radical (unpaired) electrons. The molecule has 0 spiro atoms. The highest BCUT2D eigenvalue weighted by Crippen LogP contribution is 2.21. The third-order valence-electron chi connectivity index (χ3n) is 2.46. The molecule has 4 heteroatoms. The largest absolute Gasteiger partial charge is 0.316 e. The van der Waals surface area contributed by atoms with E-state index < -0.39 is 0 Å². The van der Waals surface area contributed by atoms with E-state index in [1.165, 1.54) is 8.66 Å². The second-order valence-corrected chi connectivity index (χ2v) is 6.32. The molecular formula is C13H15BrN2S. The molecule has 0 amide bonds. The first-order valence-corrected chi connectivity index (χ1v) is 7.30. The summed E-state index contributed by atoms with van der Waals surface area (Å²) in [7, 11) is 0. The van der Waals surface area contributed by atoms with Gasteiger partial charge < -0.3 is 5.32 Å². The van der Waals surface area contributed by atoms with Gasteiger partial charge in [-0.15, -0.1) is 11.3 Å². The molecule has 90 valence electrons. The van der Waals surface area contributed by atoms with Crippen molar-refractivity contribution in [1.82, 2.24) is 10.3 Å². The van der Waals surface area contributed by atoms with Crippen molar-refractivity contribution in [3.8, 4) is 0 Å². The summed E-state index contributed by atoms with van der Waals surface area (Å²) in [5.74, 6) is 0. The SMILES string of the molecule is Brc1ccc(CCNCCc2ccccn2)s1. The van der Waals surface area contributed by atoms with Crippen molar-refractivity contribution in [3.05, 3.63) is 50.9 Å². The third kappa shape index (κ3) is 4.58. The molecule has 1 N–H and O–H groups in total. The summed E-state index contributed by atoms with van der Waals surface area (Å²) >= 11 is 5.28. The first-order chi connectivity index (χ1) is 8.34. The van der Waals surface area contributed by atoms with Gasteiger partial charge in [0.25, 0.3) is 0 Å². The zero-order valence-corrected chi connectivity index (χ0v) is 11.9. The van der Waals surface area contributed by atoms with Crippen molar-refractivity contribution in [3.63, 3.8) is 0 Å². The Bertz CT molecular complexity index is 442. The van der Waals surface area contributed by atoms with Gasteiger partial charge in [-0.05, 0) is 53.2 Å². The fraction of sp³-hybridized carbons (Fsp3) is 0.308. The van der Waals surface area contributed by atoms with Crippen LogP contribution in [-0.4, -0.2) is 18.1 Å². The van der Waals surface area contributed by atoms with E-state index in [1.807, 2.05) is 18.3 Å². The summed E-state index contributed by atoms with van der Waals surface area (Å²) in [6.07, 6.45) is 3.94. The molecule has 2 rings (SSSR count). The maximum atomic E-state index is 4.29. The minimum Gasteiger partial charge on any atom is -0.316 e. The van der Waals surface area contributed by atoms with Gasteiger partial charge in [-0.1, -0.05) is 6.07 Å². The van der Waals surface area contributed by atoms with Crippen molar-refractivity contribution >= 4 is 27.3 Å². The number of hydrogen-bond acceptors (Lipinski definition) is 3. The molecule has 2 nitrogen and oxygen atoms in total. The van der Waals surface area contributed by atoms with Gasteiger partial charge in [0.05, 0.1) is 3.79 Å². The van der Waals surface area contributed by atoms with E-state index in [0.717, 1.165) is 31.6 Å². The van der Waals surface area contributed by atoms with Gasteiger partial charge in [0.1, 0.15) is 0 Å². The third-order valence-corrected chi connectivity index (χ3v) is 4.14. The Hall–Kier alpha value is -0.710. The van der Waals surface area contributed by atoms with Gasteiger partial charge in [0.2, 0.25) is 0 Å². The van der Waals surface area contributed by atoms with Crippen LogP contribution in [0, 0.1) is 0 Å². The molecule has 0 unspecified atom stereocenters. The number of hydrogen-bond donors (Lipinski definition) is 1. The van der Waals surface area contributed by atoms with E-state index in [2.05, 4.69) is 44.4 Å². The lowest BCUT2D eigenvalue weighted by Gasteiger charge is -2.03. The number of nitrogens with one attached hydrogen (secondary N) is 1. The van der Waals surface area contributed by atoms with Crippen molar-refractivity contribution in [2.75, 3.05) is 13.1 Å². The molecule has 0 aromatic carbocycles. The van der Waals surface area contributed by atoms with E-state index in [4.69, 9.17) is 0 Å². The summed E-state index contributed by atoms with van der Waals surface area (Å²) < 4.78 is 1.21. The highest BCUT2D eigenvalue weighted by atomic mass is 79.9. The average Bonchev–Trinajstić information content (AvgIpc) is 2.76. The Labute approximate surface area is 114 Å². The van der Waals surface area contributed by atoms with E-state index in [1.54, 1.807) is 11.3 Å². The fourth-order valence-electron chi connectivity index (χ4n) is 1.59. The normalized spacial score (nSPS) is 10.6. The Kier molecular flexibility index (Phi) is 5.16. The zero-order valence-electron chi connectivity index (χ0n) is 9.53. The van der Waals surface area contributed by atoms with E-state index in [0.29, 0.717) is 0 Å². The van der Waals surface area contributed by atoms with E-state index >= 15 is 0 Å². The van der Waals surface area contributed by atoms with Crippen LogP contribution in [0.15, 0.2) is 40.3 Å². The van der Waals surface area contributed by atoms with Gasteiger partial charge in [0, 0.05) is 29.7 Å². The van der Waals surface area contributed by atoms with E-state index in [9.17, 15) is 0 Å².